The third-order valence-corrected chi connectivity index (χ3v) is 2.72. The topological polar surface area (TPSA) is 58.0 Å². The zero-order chi connectivity index (χ0) is 10.0. The van der Waals surface area contributed by atoms with Crippen LogP contribution in [0.3, 0.4) is 0 Å². The molecule has 76 valence electrons. The summed E-state index contributed by atoms with van der Waals surface area (Å²) in [5.74, 6) is 0.648. The van der Waals surface area contributed by atoms with E-state index in [2.05, 4.69) is 15.5 Å². The standard InChI is InChI=1S/C9H12ClN3O/c10-7-2-3-8(13-12-7)11-6-9(14)4-1-5-9/h2-3,14H,1,4-6H2,(H,11,13). The molecule has 1 heterocycles. The number of nitrogens with zero attached hydrogens (tertiary/aromatic N) is 2. The molecule has 0 spiro atoms. The largest absolute Gasteiger partial charge is 0.388 e. The lowest BCUT2D eigenvalue weighted by molar-refractivity contribution is -0.0202. The fourth-order valence-electron chi connectivity index (χ4n) is 1.43. The van der Waals surface area contributed by atoms with Crippen LogP contribution in [0.5, 0.6) is 0 Å². The highest BCUT2D eigenvalue weighted by atomic mass is 35.5. The molecule has 2 N–H and O–H groups in total. The summed E-state index contributed by atoms with van der Waals surface area (Å²) in [5.41, 5.74) is -0.540. The van der Waals surface area contributed by atoms with Gasteiger partial charge in [-0.1, -0.05) is 11.6 Å². The van der Waals surface area contributed by atoms with Crippen molar-refractivity contribution >= 4 is 17.4 Å². The van der Waals surface area contributed by atoms with Crippen molar-refractivity contribution in [2.24, 2.45) is 0 Å². The highest BCUT2D eigenvalue weighted by Gasteiger charge is 2.33. The Balaban J connectivity index is 1.88. The Labute approximate surface area is 87.3 Å². The lowest BCUT2D eigenvalue weighted by Gasteiger charge is -2.36. The van der Waals surface area contributed by atoms with E-state index in [-0.39, 0.29) is 0 Å². The molecule has 0 radical (unpaired) electrons. The van der Waals surface area contributed by atoms with Gasteiger partial charge in [0.05, 0.1) is 5.60 Å². The van der Waals surface area contributed by atoms with Gasteiger partial charge in [0, 0.05) is 6.54 Å². The maximum Gasteiger partial charge on any atom is 0.151 e. The normalized spacial score (nSPS) is 18.7. The van der Waals surface area contributed by atoms with Crippen LogP contribution in [0, 0.1) is 0 Å². The molecule has 1 aromatic heterocycles. The molecular weight excluding hydrogens is 202 g/mol. The highest BCUT2D eigenvalue weighted by molar-refractivity contribution is 6.29. The molecule has 0 saturated heterocycles. The summed E-state index contributed by atoms with van der Waals surface area (Å²) in [5, 5.41) is 20.7. The smallest absolute Gasteiger partial charge is 0.151 e. The second kappa shape index (κ2) is 3.71. The van der Waals surface area contributed by atoms with Gasteiger partial charge in [-0.15, -0.1) is 10.2 Å². The van der Waals surface area contributed by atoms with Gasteiger partial charge in [0.2, 0.25) is 0 Å². The molecule has 0 amide bonds. The van der Waals surface area contributed by atoms with Crippen LogP contribution in [0.25, 0.3) is 0 Å². The van der Waals surface area contributed by atoms with E-state index >= 15 is 0 Å². The molecule has 1 saturated carbocycles. The van der Waals surface area contributed by atoms with Crippen molar-refractivity contribution in [1.82, 2.24) is 10.2 Å². The van der Waals surface area contributed by atoms with E-state index in [0.29, 0.717) is 17.5 Å². The van der Waals surface area contributed by atoms with Crippen LogP contribution in [0.1, 0.15) is 19.3 Å². The van der Waals surface area contributed by atoms with E-state index < -0.39 is 5.60 Å². The van der Waals surface area contributed by atoms with Crippen LogP contribution in [0.2, 0.25) is 5.15 Å². The van der Waals surface area contributed by atoms with Crippen LogP contribution < -0.4 is 5.32 Å². The summed E-state index contributed by atoms with van der Waals surface area (Å²) in [6.45, 7) is 0.531. The van der Waals surface area contributed by atoms with Crippen LogP contribution in [-0.4, -0.2) is 27.4 Å². The SMILES string of the molecule is OC1(CNc2ccc(Cl)nn2)CCC1. The van der Waals surface area contributed by atoms with Gasteiger partial charge in [0.15, 0.2) is 5.15 Å². The number of hydrogen-bond donors (Lipinski definition) is 2. The van der Waals surface area contributed by atoms with Gasteiger partial charge in [-0.2, -0.15) is 0 Å². The van der Waals surface area contributed by atoms with E-state index in [0.717, 1.165) is 19.3 Å². The van der Waals surface area contributed by atoms with Gasteiger partial charge in [0.25, 0.3) is 0 Å². The summed E-state index contributed by atoms with van der Waals surface area (Å²) >= 11 is 5.59. The van der Waals surface area contributed by atoms with E-state index in [9.17, 15) is 5.11 Å². The highest BCUT2D eigenvalue weighted by Crippen LogP contribution is 2.31. The third-order valence-electron chi connectivity index (χ3n) is 2.51. The second-order valence-electron chi connectivity index (χ2n) is 3.67. The van der Waals surface area contributed by atoms with Gasteiger partial charge < -0.3 is 10.4 Å². The number of nitrogens with one attached hydrogen (secondary N) is 1. The van der Waals surface area contributed by atoms with E-state index in [1.807, 2.05) is 0 Å². The van der Waals surface area contributed by atoms with Gasteiger partial charge >= 0.3 is 0 Å². The average molecular weight is 214 g/mol. The summed E-state index contributed by atoms with van der Waals surface area (Å²) in [7, 11) is 0. The molecular formula is C9H12ClN3O. The molecule has 5 heteroatoms. The molecule has 0 bridgehead atoms. The number of rotatable bonds is 3. The molecule has 4 nitrogen and oxygen atoms in total. The molecule has 0 aliphatic heterocycles. The Morgan fingerprint density at radius 3 is 2.71 bits per heavy atom. The summed E-state index contributed by atoms with van der Waals surface area (Å²) < 4.78 is 0. The molecule has 1 fully saturated rings. The van der Waals surface area contributed by atoms with Crippen LogP contribution in [0.15, 0.2) is 12.1 Å². The monoisotopic (exact) mass is 213 g/mol. The van der Waals surface area contributed by atoms with Gasteiger partial charge in [-0.25, -0.2) is 0 Å². The molecule has 14 heavy (non-hydrogen) atoms. The predicted octanol–water partition coefficient (Wildman–Crippen LogP) is 1.46. The zero-order valence-corrected chi connectivity index (χ0v) is 8.46. The summed E-state index contributed by atoms with van der Waals surface area (Å²) in [4.78, 5) is 0. The van der Waals surface area contributed by atoms with Crippen LogP contribution in [-0.2, 0) is 0 Å². The number of aliphatic hydroxyl groups is 1. The van der Waals surface area contributed by atoms with Crippen molar-refractivity contribution in [3.05, 3.63) is 17.3 Å². The number of halogens is 1. The number of anilines is 1. The summed E-state index contributed by atoms with van der Waals surface area (Å²) in [6, 6.07) is 3.42. The van der Waals surface area contributed by atoms with E-state index in [1.54, 1.807) is 12.1 Å². The fourth-order valence-corrected chi connectivity index (χ4v) is 1.53. The number of hydrogen-bond acceptors (Lipinski definition) is 4. The van der Waals surface area contributed by atoms with Gasteiger partial charge in [-0.05, 0) is 31.4 Å². The van der Waals surface area contributed by atoms with Gasteiger partial charge in [-0.3, -0.25) is 0 Å². The quantitative estimate of drug-likeness (QED) is 0.798. The number of aromatic nitrogens is 2. The van der Waals surface area contributed by atoms with Crippen molar-refractivity contribution in [2.75, 3.05) is 11.9 Å². The second-order valence-corrected chi connectivity index (χ2v) is 4.06. The molecule has 0 unspecified atom stereocenters. The first-order valence-electron chi connectivity index (χ1n) is 4.63. The van der Waals surface area contributed by atoms with Crippen LogP contribution >= 0.6 is 11.6 Å². The minimum absolute atomic E-state index is 0.373. The maximum absolute atomic E-state index is 9.79. The Morgan fingerprint density at radius 2 is 2.21 bits per heavy atom. The van der Waals surface area contributed by atoms with E-state index in [1.165, 1.54) is 0 Å². The molecule has 1 aliphatic carbocycles. The van der Waals surface area contributed by atoms with Crippen molar-refractivity contribution in [1.29, 1.82) is 0 Å². The summed E-state index contributed by atoms with van der Waals surface area (Å²) in [6.07, 6.45) is 2.83. The van der Waals surface area contributed by atoms with Crippen molar-refractivity contribution < 1.29 is 5.11 Å². The minimum Gasteiger partial charge on any atom is -0.388 e. The Hall–Kier alpha value is -0.870. The molecule has 1 aliphatic rings. The van der Waals surface area contributed by atoms with Gasteiger partial charge in [0.1, 0.15) is 5.82 Å². The molecule has 0 atom stereocenters. The first-order chi connectivity index (χ1) is 6.68. The molecule has 1 aromatic rings. The molecule has 0 aromatic carbocycles. The Kier molecular flexibility index (Phi) is 2.56. The lowest BCUT2D eigenvalue weighted by atomic mass is 9.80. The van der Waals surface area contributed by atoms with Crippen LogP contribution in [0.4, 0.5) is 5.82 Å². The third kappa shape index (κ3) is 2.13. The fraction of sp³-hybridized carbons (Fsp3) is 0.556. The van der Waals surface area contributed by atoms with E-state index in [4.69, 9.17) is 11.6 Å². The minimum atomic E-state index is -0.540. The van der Waals surface area contributed by atoms with Crippen molar-refractivity contribution in [3.8, 4) is 0 Å². The average Bonchev–Trinajstić information content (AvgIpc) is 2.14. The Bertz CT molecular complexity index is 310. The lowest BCUT2D eigenvalue weighted by Crippen LogP contribution is -2.43. The zero-order valence-electron chi connectivity index (χ0n) is 7.70. The maximum atomic E-state index is 9.79. The van der Waals surface area contributed by atoms with Crippen molar-refractivity contribution in [3.63, 3.8) is 0 Å². The van der Waals surface area contributed by atoms with Crippen molar-refractivity contribution in [2.45, 2.75) is 24.9 Å². The predicted molar refractivity (Wildman–Crippen MR) is 54.3 cm³/mol. The first kappa shape index (κ1) is 9.68. The molecule has 2 rings (SSSR count). The first-order valence-corrected chi connectivity index (χ1v) is 5.01. The Morgan fingerprint density at radius 1 is 1.43 bits per heavy atom.